The Morgan fingerprint density at radius 1 is 1.17 bits per heavy atom. The van der Waals surface area contributed by atoms with Crippen molar-refractivity contribution in [2.45, 2.75) is 13.8 Å². The molecule has 3 rings (SSSR count). The molecule has 1 aliphatic heterocycles. The normalized spacial score (nSPS) is 16.1. The van der Waals surface area contributed by atoms with Crippen LogP contribution in [0.25, 0.3) is 6.08 Å². The van der Waals surface area contributed by atoms with Crippen LogP contribution < -0.4 is 5.32 Å². The Hall–Kier alpha value is -2.11. The number of nitrogens with one attached hydrogen (secondary N) is 1. The zero-order chi connectivity index (χ0) is 17.1. The van der Waals surface area contributed by atoms with E-state index in [4.69, 9.17) is 12.2 Å². The van der Waals surface area contributed by atoms with Gasteiger partial charge in [-0.15, -0.1) is 0 Å². The van der Waals surface area contributed by atoms with E-state index in [1.165, 1.54) is 17.3 Å². The molecular formula is C19H18N2OS2. The van der Waals surface area contributed by atoms with Crippen LogP contribution in [0.4, 0.5) is 5.69 Å². The van der Waals surface area contributed by atoms with Gasteiger partial charge in [0.25, 0.3) is 5.91 Å². The molecule has 1 saturated heterocycles. The van der Waals surface area contributed by atoms with Gasteiger partial charge in [0.05, 0.1) is 11.6 Å². The summed E-state index contributed by atoms with van der Waals surface area (Å²) < 4.78 is 0.583. The summed E-state index contributed by atoms with van der Waals surface area (Å²) in [5, 5.41) is 3.32. The van der Waals surface area contributed by atoms with Gasteiger partial charge >= 0.3 is 0 Å². The third-order valence-electron chi connectivity index (χ3n) is 3.79. The van der Waals surface area contributed by atoms with Crippen LogP contribution in [0.3, 0.4) is 0 Å². The van der Waals surface area contributed by atoms with E-state index in [0.29, 0.717) is 15.9 Å². The summed E-state index contributed by atoms with van der Waals surface area (Å²) in [5.41, 5.74) is 4.35. The Morgan fingerprint density at radius 2 is 1.92 bits per heavy atom. The molecule has 0 spiro atoms. The molecule has 0 bridgehead atoms. The summed E-state index contributed by atoms with van der Waals surface area (Å²) in [6.45, 7) is 4.47. The van der Waals surface area contributed by atoms with E-state index in [9.17, 15) is 4.79 Å². The standard InChI is InChI=1S/C19H18N2OS2/c1-13-8-9-14(2)16(10-13)20-12-21-18(22)17(24-19(21)23)11-15-6-4-3-5-7-15/h3-11,20H,12H2,1-2H3/b17-11+. The van der Waals surface area contributed by atoms with Crippen molar-refractivity contribution in [2.75, 3.05) is 12.0 Å². The van der Waals surface area contributed by atoms with Crippen LogP contribution >= 0.6 is 24.0 Å². The van der Waals surface area contributed by atoms with E-state index in [-0.39, 0.29) is 5.91 Å². The van der Waals surface area contributed by atoms with Gasteiger partial charge < -0.3 is 5.32 Å². The summed E-state index contributed by atoms with van der Waals surface area (Å²) in [4.78, 5) is 14.9. The molecule has 1 fully saturated rings. The van der Waals surface area contributed by atoms with E-state index in [2.05, 4.69) is 23.5 Å². The maximum absolute atomic E-state index is 12.6. The molecule has 1 heterocycles. The van der Waals surface area contributed by atoms with Crippen molar-refractivity contribution in [1.29, 1.82) is 0 Å². The van der Waals surface area contributed by atoms with Crippen molar-refractivity contribution in [1.82, 2.24) is 4.90 Å². The van der Waals surface area contributed by atoms with E-state index in [1.54, 1.807) is 4.90 Å². The molecule has 2 aromatic rings. The highest BCUT2D eigenvalue weighted by Crippen LogP contribution is 2.32. The fourth-order valence-corrected chi connectivity index (χ4v) is 3.68. The van der Waals surface area contributed by atoms with Gasteiger partial charge in [0.1, 0.15) is 4.32 Å². The topological polar surface area (TPSA) is 32.3 Å². The molecule has 5 heteroatoms. The Bertz CT molecular complexity index is 815. The number of rotatable bonds is 4. The SMILES string of the molecule is Cc1ccc(C)c(NCN2C(=O)/C(=C\c3ccccc3)SC2=S)c1. The fraction of sp³-hybridized carbons (Fsp3) is 0.158. The average Bonchev–Trinajstić information content (AvgIpc) is 2.83. The molecular weight excluding hydrogens is 336 g/mol. The van der Waals surface area contributed by atoms with Crippen LogP contribution in [-0.2, 0) is 4.79 Å². The Labute approximate surface area is 151 Å². The Morgan fingerprint density at radius 3 is 2.67 bits per heavy atom. The third kappa shape index (κ3) is 3.68. The lowest BCUT2D eigenvalue weighted by molar-refractivity contribution is -0.121. The van der Waals surface area contributed by atoms with Crippen LogP contribution in [0.5, 0.6) is 0 Å². The van der Waals surface area contributed by atoms with Gasteiger partial charge in [-0.3, -0.25) is 9.69 Å². The van der Waals surface area contributed by atoms with E-state index >= 15 is 0 Å². The zero-order valence-corrected chi connectivity index (χ0v) is 15.2. The van der Waals surface area contributed by atoms with Gasteiger partial charge in [-0.1, -0.05) is 66.4 Å². The molecule has 0 aliphatic carbocycles. The first kappa shape index (κ1) is 16.7. The second-order valence-corrected chi connectivity index (χ2v) is 7.35. The van der Waals surface area contributed by atoms with Crippen LogP contribution in [-0.4, -0.2) is 21.8 Å². The van der Waals surface area contributed by atoms with Crippen molar-refractivity contribution < 1.29 is 4.79 Å². The minimum absolute atomic E-state index is 0.0494. The molecule has 0 aromatic heterocycles. The lowest BCUT2D eigenvalue weighted by Gasteiger charge is -2.17. The highest BCUT2D eigenvalue weighted by atomic mass is 32.2. The van der Waals surface area contributed by atoms with Crippen molar-refractivity contribution in [3.8, 4) is 0 Å². The third-order valence-corrected chi connectivity index (χ3v) is 5.17. The first-order chi connectivity index (χ1) is 11.5. The molecule has 1 amide bonds. The fourth-order valence-electron chi connectivity index (χ4n) is 2.43. The van der Waals surface area contributed by atoms with E-state index in [1.807, 2.05) is 50.3 Å². The Balaban J connectivity index is 1.73. The number of carbonyl (C=O) groups is 1. The average molecular weight is 355 g/mol. The minimum atomic E-state index is -0.0494. The van der Waals surface area contributed by atoms with Gasteiger partial charge in [-0.2, -0.15) is 0 Å². The zero-order valence-electron chi connectivity index (χ0n) is 13.6. The number of thiocarbonyl (C=S) groups is 1. The molecule has 24 heavy (non-hydrogen) atoms. The number of hydrogen-bond donors (Lipinski definition) is 1. The quantitative estimate of drug-likeness (QED) is 0.644. The number of hydrogen-bond acceptors (Lipinski definition) is 4. The van der Waals surface area contributed by atoms with Crippen molar-refractivity contribution >= 4 is 46.0 Å². The molecule has 122 valence electrons. The van der Waals surface area contributed by atoms with Gasteiger partial charge in [-0.05, 0) is 42.7 Å². The lowest BCUT2D eigenvalue weighted by Crippen LogP contribution is -2.33. The number of carbonyl (C=O) groups excluding carboxylic acids is 1. The smallest absolute Gasteiger partial charge is 0.267 e. The van der Waals surface area contributed by atoms with Crippen molar-refractivity contribution in [2.24, 2.45) is 0 Å². The largest absolute Gasteiger partial charge is 0.367 e. The predicted octanol–water partition coefficient (Wildman–Crippen LogP) is 4.57. The highest BCUT2D eigenvalue weighted by Gasteiger charge is 2.31. The number of anilines is 1. The van der Waals surface area contributed by atoms with Crippen LogP contribution in [0, 0.1) is 13.8 Å². The monoisotopic (exact) mass is 354 g/mol. The van der Waals surface area contributed by atoms with Crippen LogP contribution in [0.15, 0.2) is 53.4 Å². The van der Waals surface area contributed by atoms with E-state index < -0.39 is 0 Å². The summed E-state index contributed by atoms with van der Waals surface area (Å²) in [6.07, 6.45) is 1.89. The molecule has 2 aromatic carbocycles. The molecule has 3 nitrogen and oxygen atoms in total. The molecule has 0 radical (unpaired) electrons. The van der Waals surface area contributed by atoms with E-state index in [0.717, 1.165) is 16.8 Å². The van der Waals surface area contributed by atoms with Gasteiger partial charge in [0.15, 0.2) is 0 Å². The molecule has 0 atom stereocenters. The van der Waals surface area contributed by atoms with Crippen LogP contribution in [0.2, 0.25) is 0 Å². The predicted molar refractivity (Wildman–Crippen MR) is 106 cm³/mol. The highest BCUT2D eigenvalue weighted by molar-refractivity contribution is 8.26. The van der Waals surface area contributed by atoms with Crippen LogP contribution in [0.1, 0.15) is 16.7 Å². The summed E-state index contributed by atoms with van der Waals surface area (Å²) in [6, 6.07) is 16.0. The number of aryl methyl sites for hydroxylation is 2. The first-order valence-electron chi connectivity index (χ1n) is 7.66. The lowest BCUT2D eigenvalue weighted by atomic mass is 10.1. The molecule has 1 aliphatic rings. The Kier molecular flexibility index (Phi) is 5.02. The number of nitrogens with zero attached hydrogens (tertiary/aromatic N) is 1. The second-order valence-electron chi connectivity index (χ2n) is 5.67. The summed E-state index contributed by atoms with van der Waals surface area (Å²) in [5.74, 6) is -0.0494. The number of amides is 1. The second kappa shape index (κ2) is 7.20. The number of thioether (sulfide) groups is 1. The van der Waals surface area contributed by atoms with Gasteiger partial charge in [0, 0.05) is 5.69 Å². The summed E-state index contributed by atoms with van der Waals surface area (Å²) in [7, 11) is 0. The van der Waals surface area contributed by atoms with Crippen molar-refractivity contribution in [3.63, 3.8) is 0 Å². The maximum Gasteiger partial charge on any atom is 0.267 e. The number of benzene rings is 2. The molecule has 0 saturated carbocycles. The molecule has 0 unspecified atom stereocenters. The van der Waals surface area contributed by atoms with Gasteiger partial charge in [-0.25, -0.2) is 0 Å². The molecule has 1 N–H and O–H groups in total. The minimum Gasteiger partial charge on any atom is -0.367 e. The summed E-state index contributed by atoms with van der Waals surface area (Å²) >= 11 is 6.72. The van der Waals surface area contributed by atoms with Gasteiger partial charge in [0.2, 0.25) is 0 Å². The van der Waals surface area contributed by atoms with Crippen molar-refractivity contribution in [3.05, 3.63) is 70.1 Å². The first-order valence-corrected chi connectivity index (χ1v) is 8.88. The maximum atomic E-state index is 12.6.